The van der Waals surface area contributed by atoms with Gasteiger partial charge < -0.3 is 40.7 Å². The zero-order valence-corrected chi connectivity index (χ0v) is 30.5. The highest BCUT2D eigenvalue weighted by Crippen LogP contribution is 2.39. The van der Waals surface area contributed by atoms with E-state index in [-0.39, 0.29) is 30.8 Å². The first-order chi connectivity index (χ1) is 25.9. The third-order valence-corrected chi connectivity index (χ3v) is 9.69. The van der Waals surface area contributed by atoms with Gasteiger partial charge in [0, 0.05) is 43.9 Å². The first-order valence-corrected chi connectivity index (χ1v) is 18.3. The summed E-state index contributed by atoms with van der Waals surface area (Å²) in [4.78, 5) is 37.0. The number of ether oxygens (including phenoxy) is 2. The van der Waals surface area contributed by atoms with E-state index in [1.165, 1.54) is 11.1 Å². The van der Waals surface area contributed by atoms with Crippen molar-refractivity contribution in [3.63, 3.8) is 0 Å². The molecule has 0 aliphatic carbocycles. The molecule has 1 saturated heterocycles. The van der Waals surface area contributed by atoms with Crippen LogP contribution in [-0.2, 0) is 28.9 Å². The number of nitrogens with one attached hydrogen (secondary N) is 2. The number of aldehydes is 1. The van der Waals surface area contributed by atoms with Crippen molar-refractivity contribution in [2.75, 3.05) is 64.8 Å². The molecule has 4 aromatic rings. The second kappa shape index (κ2) is 20.1. The third-order valence-electron chi connectivity index (χ3n) is 9.69. The molecule has 11 heteroatoms. The van der Waals surface area contributed by atoms with Crippen molar-refractivity contribution in [3.8, 4) is 28.4 Å². The van der Waals surface area contributed by atoms with Crippen LogP contribution in [0, 0.1) is 0 Å². The number of para-hydroxylation sites is 1. The number of piperidine rings is 1. The minimum Gasteiger partial charge on any atom is -0.506 e. The number of rotatable bonds is 16. The van der Waals surface area contributed by atoms with Crippen LogP contribution in [0.25, 0.3) is 11.1 Å². The van der Waals surface area contributed by atoms with E-state index in [4.69, 9.17) is 14.3 Å². The van der Waals surface area contributed by atoms with Crippen LogP contribution in [0.3, 0.4) is 0 Å². The van der Waals surface area contributed by atoms with Crippen LogP contribution in [-0.4, -0.2) is 99.1 Å². The Morgan fingerprint density at radius 1 is 0.943 bits per heavy atom. The van der Waals surface area contributed by atoms with Crippen LogP contribution in [0.2, 0.25) is 0 Å². The summed E-state index contributed by atoms with van der Waals surface area (Å²) < 4.78 is 12.1. The summed E-state index contributed by atoms with van der Waals surface area (Å²) in [5.74, 6) is 1.24. The summed E-state index contributed by atoms with van der Waals surface area (Å²) in [7, 11) is 2.16. The average molecular weight is 722 g/mol. The molecule has 2 heterocycles. The molecule has 280 valence electrons. The van der Waals surface area contributed by atoms with E-state index in [2.05, 4.69) is 81.7 Å². The molecule has 0 atom stereocenters. The van der Waals surface area contributed by atoms with Gasteiger partial charge in [-0.15, -0.1) is 0 Å². The third kappa shape index (κ3) is 11.4. The van der Waals surface area contributed by atoms with Gasteiger partial charge in [0.05, 0.1) is 0 Å². The standard InChI is InChI=1S/C41H48N4O5.CH3NO/c1-44(25-26-45-23-18-35(19-24-45)50-38-10-6-5-9-36(38)31-7-3-2-4-8-31)22-17-33-27-30(11-12-34(33)28-46)15-20-42-21-16-32-13-14-37(47)40-41(32)49-29-39(48)43-40;2-1-3/h2-14,27-28,35,42,47H,15-26,29H2,1H3,(H,43,48);1H,(H2,2,3). The average Bonchev–Trinajstić information content (AvgIpc) is 3.18. The lowest BCUT2D eigenvalue weighted by Crippen LogP contribution is -2.42. The molecule has 1 fully saturated rings. The number of likely N-dealkylation sites (N-methyl/N-ethyl adjacent to an activating group) is 1. The van der Waals surface area contributed by atoms with Gasteiger partial charge in [-0.1, -0.05) is 72.8 Å². The molecule has 0 unspecified atom stereocenters. The molecule has 2 amide bonds. The number of hydrogen-bond acceptors (Lipinski definition) is 9. The zero-order valence-electron chi connectivity index (χ0n) is 30.5. The van der Waals surface area contributed by atoms with E-state index < -0.39 is 0 Å². The number of nitrogens with two attached hydrogens (primary N) is 1. The maximum Gasteiger partial charge on any atom is 0.262 e. The van der Waals surface area contributed by atoms with Gasteiger partial charge in [-0.2, -0.15) is 0 Å². The molecule has 0 bridgehead atoms. The van der Waals surface area contributed by atoms with Crippen molar-refractivity contribution in [2.45, 2.75) is 38.2 Å². The van der Waals surface area contributed by atoms with Crippen molar-refractivity contribution >= 4 is 24.3 Å². The van der Waals surface area contributed by atoms with E-state index in [1.54, 1.807) is 6.07 Å². The number of anilines is 1. The van der Waals surface area contributed by atoms with Gasteiger partial charge in [-0.3, -0.25) is 14.4 Å². The Bertz CT molecular complexity index is 1790. The number of amides is 2. The molecule has 5 N–H and O–H groups in total. The van der Waals surface area contributed by atoms with Crippen LogP contribution in [0.15, 0.2) is 84.9 Å². The lowest BCUT2D eigenvalue weighted by Gasteiger charge is -2.33. The quantitative estimate of drug-likeness (QED) is 0.0735. The summed E-state index contributed by atoms with van der Waals surface area (Å²) in [6.07, 6.45) is 5.85. The Labute approximate surface area is 312 Å². The lowest BCUT2D eigenvalue weighted by atomic mass is 10.00. The maximum absolute atomic E-state index is 11.8. The zero-order chi connectivity index (χ0) is 37.4. The number of likely N-dealkylation sites (tertiary alicyclic amines) is 1. The van der Waals surface area contributed by atoms with Gasteiger partial charge in [-0.05, 0) is 86.6 Å². The number of carbonyl (C=O) groups excluding carboxylic acids is 3. The Kier molecular flexibility index (Phi) is 14.8. The topological polar surface area (TPSA) is 146 Å². The number of fused-ring (bicyclic) bond motifs is 1. The fourth-order valence-electron chi connectivity index (χ4n) is 6.73. The fourth-order valence-corrected chi connectivity index (χ4v) is 6.73. The highest BCUT2D eigenvalue weighted by Gasteiger charge is 2.23. The van der Waals surface area contributed by atoms with E-state index in [0.717, 1.165) is 106 Å². The number of nitrogens with zero attached hydrogens (tertiary/aromatic N) is 2. The van der Waals surface area contributed by atoms with Gasteiger partial charge in [-0.25, -0.2) is 0 Å². The lowest BCUT2D eigenvalue weighted by molar-refractivity contribution is -0.118. The van der Waals surface area contributed by atoms with Gasteiger partial charge in [0.2, 0.25) is 6.41 Å². The number of carbonyl (C=O) groups is 3. The normalized spacial score (nSPS) is 14.3. The monoisotopic (exact) mass is 721 g/mol. The number of aromatic hydroxyl groups is 1. The van der Waals surface area contributed by atoms with Gasteiger partial charge in [0.15, 0.2) is 12.4 Å². The summed E-state index contributed by atoms with van der Waals surface area (Å²) >= 11 is 0. The van der Waals surface area contributed by atoms with Crippen molar-refractivity contribution in [3.05, 3.63) is 107 Å². The molecule has 6 rings (SSSR count). The molecule has 4 aromatic carbocycles. The van der Waals surface area contributed by atoms with Crippen LogP contribution in [0.1, 0.15) is 39.9 Å². The summed E-state index contributed by atoms with van der Waals surface area (Å²) in [6, 6.07) is 28.3. The molecule has 11 nitrogen and oxygen atoms in total. The van der Waals surface area contributed by atoms with Gasteiger partial charge in [0.1, 0.15) is 29.6 Å². The second-order valence-electron chi connectivity index (χ2n) is 13.4. The number of hydrogen-bond donors (Lipinski definition) is 4. The van der Waals surface area contributed by atoms with E-state index in [9.17, 15) is 14.7 Å². The van der Waals surface area contributed by atoms with Crippen LogP contribution in [0.5, 0.6) is 17.2 Å². The fraction of sp³-hybridized carbons (Fsp3) is 0.357. The Morgan fingerprint density at radius 3 is 2.45 bits per heavy atom. The SMILES string of the molecule is CN(CCc1cc(CCNCCc2ccc(O)c3c2OCC(=O)N3)ccc1C=O)CCN1CCC(Oc2ccccc2-c2ccccc2)CC1.NC=O. The summed E-state index contributed by atoms with van der Waals surface area (Å²) in [5, 5.41) is 16.3. The van der Waals surface area contributed by atoms with Crippen LogP contribution < -0.4 is 25.8 Å². The maximum atomic E-state index is 11.8. The number of phenolic OH excluding ortho intramolecular Hbond substituents is 1. The van der Waals surface area contributed by atoms with Gasteiger partial charge in [0.25, 0.3) is 5.91 Å². The molecule has 2 aliphatic heterocycles. The largest absolute Gasteiger partial charge is 0.506 e. The predicted molar refractivity (Wildman–Crippen MR) is 208 cm³/mol. The minimum absolute atomic E-state index is 0.00836. The first-order valence-electron chi connectivity index (χ1n) is 18.3. The van der Waals surface area contributed by atoms with Gasteiger partial charge >= 0.3 is 0 Å². The Balaban J connectivity index is 0.00000175. The van der Waals surface area contributed by atoms with Crippen LogP contribution >= 0.6 is 0 Å². The molecule has 0 radical (unpaired) electrons. The van der Waals surface area contributed by atoms with E-state index >= 15 is 0 Å². The number of primary amides is 1. The number of phenols is 1. The highest BCUT2D eigenvalue weighted by molar-refractivity contribution is 5.97. The molecular weight excluding hydrogens is 670 g/mol. The molecular formula is C42H51N5O6. The smallest absolute Gasteiger partial charge is 0.262 e. The minimum atomic E-state index is -0.269. The van der Waals surface area contributed by atoms with Crippen molar-refractivity contribution in [1.82, 2.24) is 15.1 Å². The molecule has 0 saturated carbocycles. The van der Waals surface area contributed by atoms with Crippen molar-refractivity contribution in [2.24, 2.45) is 5.73 Å². The molecule has 0 aromatic heterocycles. The highest BCUT2D eigenvalue weighted by atomic mass is 16.5. The predicted octanol–water partition coefficient (Wildman–Crippen LogP) is 4.70. The van der Waals surface area contributed by atoms with Crippen molar-refractivity contribution < 1.29 is 29.0 Å². The summed E-state index contributed by atoms with van der Waals surface area (Å²) in [6.45, 7) is 6.41. The molecule has 53 heavy (non-hydrogen) atoms. The second-order valence-corrected chi connectivity index (χ2v) is 13.4. The van der Waals surface area contributed by atoms with E-state index in [1.807, 2.05) is 30.3 Å². The number of benzene rings is 4. The van der Waals surface area contributed by atoms with Crippen LogP contribution in [0.4, 0.5) is 5.69 Å². The van der Waals surface area contributed by atoms with Crippen molar-refractivity contribution in [1.29, 1.82) is 0 Å². The Morgan fingerprint density at radius 2 is 1.68 bits per heavy atom. The summed E-state index contributed by atoms with van der Waals surface area (Å²) in [5.41, 5.74) is 10.8. The Hall–Kier alpha value is -5.23. The van der Waals surface area contributed by atoms with E-state index in [0.29, 0.717) is 17.9 Å². The first kappa shape index (κ1) is 39.0. The molecule has 2 aliphatic rings. The molecule has 0 spiro atoms.